The van der Waals surface area contributed by atoms with Crippen LogP contribution in [0.1, 0.15) is 26.6 Å². The number of amides is 2. The highest BCUT2D eigenvalue weighted by Gasteiger charge is 2.12. The maximum atomic E-state index is 11.1. The summed E-state index contributed by atoms with van der Waals surface area (Å²) in [5, 5.41) is 7.44. The molecule has 9 heteroatoms. The number of hydrazine groups is 1. The second-order valence-corrected chi connectivity index (χ2v) is 3.44. The van der Waals surface area contributed by atoms with Crippen molar-refractivity contribution < 1.29 is 14.1 Å². The molecule has 0 bridgehead atoms. The number of carbonyl (C=O) groups is 2. The standard InChI is InChI=1S/C9H10N6O3/c10-8(16)5-2-12-15(3-5)4-6-1-7(14-18-6)9(17)13-11/h1-3H,4,11H2,(H2,10,16)(H,13,17). The molecule has 2 rings (SSSR count). The molecule has 0 saturated heterocycles. The Bertz CT molecular complexity index is 587. The SMILES string of the molecule is NNC(=O)c1cc(Cn2cc(C(N)=O)cn2)on1. The van der Waals surface area contributed by atoms with Gasteiger partial charge in [0.25, 0.3) is 11.8 Å². The van der Waals surface area contributed by atoms with Gasteiger partial charge in [-0.25, -0.2) is 5.84 Å². The van der Waals surface area contributed by atoms with E-state index in [0.29, 0.717) is 5.76 Å². The van der Waals surface area contributed by atoms with Crippen molar-refractivity contribution in [3.05, 3.63) is 35.5 Å². The van der Waals surface area contributed by atoms with E-state index < -0.39 is 11.8 Å². The van der Waals surface area contributed by atoms with Crippen LogP contribution in [0.2, 0.25) is 0 Å². The molecule has 0 saturated carbocycles. The number of hydrogen-bond acceptors (Lipinski definition) is 6. The largest absolute Gasteiger partial charge is 0.366 e. The van der Waals surface area contributed by atoms with E-state index in [9.17, 15) is 9.59 Å². The summed E-state index contributed by atoms with van der Waals surface area (Å²) in [5.74, 6) is 4.23. The fourth-order valence-electron chi connectivity index (χ4n) is 1.31. The minimum atomic E-state index is -0.568. The van der Waals surface area contributed by atoms with Gasteiger partial charge in [-0.2, -0.15) is 5.10 Å². The van der Waals surface area contributed by atoms with Crippen molar-refractivity contribution in [1.29, 1.82) is 0 Å². The molecule has 94 valence electrons. The molecule has 2 aromatic heterocycles. The second kappa shape index (κ2) is 4.67. The number of rotatable bonds is 4. The minimum Gasteiger partial charge on any atom is -0.366 e. The van der Waals surface area contributed by atoms with E-state index in [-0.39, 0.29) is 17.8 Å². The summed E-state index contributed by atoms with van der Waals surface area (Å²) in [6.07, 6.45) is 2.81. The first-order valence-electron chi connectivity index (χ1n) is 4.89. The molecule has 0 aliphatic rings. The third-order valence-electron chi connectivity index (χ3n) is 2.16. The summed E-state index contributed by atoms with van der Waals surface area (Å²) in [4.78, 5) is 22.0. The molecule has 0 aromatic carbocycles. The summed E-state index contributed by atoms with van der Waals surface area (Å²) in [7, 11) is 0. The highest BCUT2D eigenvalue weighted by Crippen LogP contribution is 2.06. The van der Waals surface area contributed by atoms with E-state index in [1.165, 1.54) is 23.1 Å². The molecule has 2 heterocycles. The Labute approximate surface area is 101 Å². The van der Waals surface area contributed by atoms with Crippen LogP contribution >= 0.6 is 0 Å². The van der Waals surface area contributed by atoms with E-state index in [0.717, 1.165) is 0 Å². The van der Waals surface area contributed by atoms with Gasteiger partial charge in [0.1, 0.15) is 6.54 Å². The topological polar surface area (TPSA) is 142 Å². The molecule has 0 aliphatic heterocycles. The predicted octanol–water partition coefficient (Wildman–Crippen LogP) is -1.38. The third kappa shape index (κ3) is 2.35. The van der Waals surface area contributed by atoms with Crippen LogP contribution in [-0.2, 0) is 6.54 Å². The zero-order valence-corrected chi connectivity index (χ0v) is 9.16. The fraction of sp³-hybridized carbons (Fsp3) is 0.111. The first kappa shape index (κ1) is 11.8. The van der Waals surface area contributed by atoms with Gasteiger partial charge in [0.2, 0.25) is 0 Å². The van der Waals surface area contributed by atoms with Crippen molar-refractivity contribution in [2.24, 2.45) is 11.6 Å². The molecule has 0 atom stereocenters. The zero-order chi connectivity index (χ0) is 13.1. The lowest BCUT2D eigenvalue weighted by atomic mass is 10.3. The zero-order valence-electron chi connectivity index (χ0n) is 9.16. The number of nitrogens with two attached hydrogens (primary N) is 2. The smallest absolute Gasteiger partial charge is 0.287 e. The van der Waals surface area contributed by atoms with Gasteiger partial charge in [0.15, 0.2) is 11.5 Å². The number of nitrogens with zero attached hydrogens (tertiary/aromatic N) is 3. The van der Waals surface area contributed by atoms with Gasteiger partial charge in [0, 0.05) is 12.3 Å². The van der Waals surface area contributed by atoms with Gasteiger partial charge in [0.05, 0.1) is 11.8 Å². The lowest BCUT2D eigenvalue weighted by molar-refractivity contribution is 0.0943. The fourth-order valence-corrected chi connectivity index (χ4v) is 1.31. The number of aromatic nitrogens is 3. The molecule has 2 amide bonds. The number of carbonyl (C=O) groups excluding carboxylic acids is 2. The predicted molar refractivity (Wildman–Crippen MR) is 58.0 cm³/mol. The van der Waals surface area contributed by atoms with Crippen LogP contribution in [0, 0.1) is 0 Å². The molecule has 2 aromatic rings. The molecule has 9 nitrogen and oxygen atoms in total. The van der Waals surface area contributed by atoms with Crippen molar-refractivity contribution >= 4 is 11.8 Å². The lowest BCUT2D eigenvalue weighted by Crippen LogP contribution is -2.30. The minimum absolute atomic E-state index is 0.0646. The van der Waals surface area contributed by atoms with E-state index in [1.54, 1.807) is 0 Å². The first-order valence-corrected chi connectivity index (χ1v) is 4.89. The van der Waals surface area contributed by atoms with E-state index >= 15 is 0 Å². The average molecular weight is 250 g/mol. The van der Waals surface area contributed by atoms with Gasteiger partial charge in [-0.05, 0) is 0 Å². The molecule has 0 spiro atoms. The molecule has 18 heavy (non-hydrogen) atoms. The Morgan fingerprint density at radius 1 is 1.50 bits per heavy atom. The van der Waals surface area contributed by atoms with Crippen LogP contribution in [-0.4, -0.2) is 26.8 Å². The molecule has 0 fully saturated rings. The molecule has 5 N–H and O–H groups in total. The van der Waals surface area contributed by atoms with Crippen LogP contribution in [0.25, 0.3) is 0 Å². The Kier molecular flexibility index (Phi) is 3.06. The van der Waals surface area contributed by atoms with Crippen LogP contribution in [0.3, 0.4) is 0 Å². The Morgan fingerprint density at radius 3 is 2.89 bits per heavy atom. The van der Waals surface area contributed by atoms with Gasteiger partial charge in [-0.1, -0.05) is 5.16 Å². The van der Waals surface area contributed by atoms with Gasteiger partial charge in [-0.3, -0.25) is 19.7 Å². The third-order valence-corrected chi connectivity index (χ3v) is 2.16. The highest BCUT2D eigenvalue weighted by atomic mass is 16.5. The Balaban J connectivity index is 2.11. The van der Waals surface area contributed by atoms with Gasteiger partial charge >= 0.3 is 0 Å². The Morgan fingerprint density at radius 2 is 2.28 bits per heavy atom. The summed E-state index contributed by atoms with van der Waals surface area (Å²) < 4.78 is 6.35. The summed E-state index contributed by atoms with van der Waals surface area (Å²) in [6.45, 7) is 0.220. The average Bonchev–Trinajstić information content (AvgIpc) is 2.98. The molecular formula is C9H10N6O3. The maximum Gasteiger partial charge on any atom is 0.287 e. The quantitative estimate of drug-likeness (QED) is 0.347. The lowest BCUT2D eigenvalue weighted by Gasteiger charge is -1.94. The Hall–Kier alpha value is -2.68. The number of primary amides is 1. The molecule has 0 unspecified atom stereocenters. The first-order chi connectivity index (χ1) is 8.60. The number of nitrogens with one attached hydrogen (secondary N) is 1. The van der Waals surface area contributed by atoms with Crippen LogP contribution in [0.4, 0.5) is 0 Å². The number of nitrogen functional groups attached to an aromatic ring is 1. The molecule has 0 aliphatic carbocycles. The summed E-state index contributed by atoms with van der Waals surface area (Å²) >= 11 is 0. The summed E-state index contributed by atoms with van der Waals surface area (Å²) in [6, 6.07) is 1.42. The van der Waals surface area contributed by atoms with Crippen molar-refractivity contribution in [3.8, 4) is 0 Å². The maximum absolute atomic E-state index is 11.1. The van der Waals surface area contributed by atoms with E-state index in [4.69, 9.17) is 16.1 Å². The van der Waals surface area contributed by atoms with Crippen molar-refractivity contribution in [3.63, 3.8) is 0 Å². The molecule has 0 radical (unpaired) electrons. The second-order valence-electron chi connectivity index (χ2n) is 3.44. The monoisotopic (exact) mass is 250 g/mol. The normalized spacial score (nSPS) is 10.3. The van der Waals surface area contributed by atoms with Crippen molar-refractivity contribution in [2.45, 2.75) is 6.54 Å². The number of hydrogen-bond donors (Lipinski definition) is 3. The van der Waals surface area contributed by atoms with Crippen LogP contribution in [0.5, 0.6) is 0 Å². The molecular weight excluding hydrogens is 240 g/mol. The van der Waals surface area contributed by atoms with E-state index in [1.807, 2.05) is 5.43 Å². The van der Waals surface area contributed by atoms with E-state index in [2.05, 4.69) is 10.3 Å². The highest BCUT2D eigenvalue weighted by molar-refractivity contribution is 5.92. The van der Waals surface area contributed by atoms with Crippen LogP contribution < -0.4 is 17.0 Å². The van der Waals surface area contributed by atoms with Crippen molar-refractivity contribution in [2.75, 3.05) is 0 Å². The summed E-state index contributed by atoms with van der Waals surface area (Å²) in [5.41, 5.74) is 7.37. The van der Waals surface area contributed by atoms with Crippen molar-refractivity contribution in [1.82, 2.24) is 20.4 Å². The van der Waals surface area contributed by atoms with Crippen LogP contribution in [0.15, 0.2) is 23.0 Å². The van der Waals surface area contributed by atoms with Gasteiger partial charge < -0.3 is 10.3 Å². The van der Waals surface area contributed by atoms with Gasteiger partial charge in [-0.15, -0.1) is 0 Å².